The first-order chi connectivity index (χ1) is 8.18. The van der Waals surface area contributed by atoms with Crippen molar-refractivity contribution in [3.05, 3.63) is 17.5 Å². The molecule has 90 valence electrons. The number of carbonyl (C=O) groups is 1. The lowest BCUT2D eigenvalue weighted by atomic mass is 10.4. The van der Waals surface area contributed by atoms with Crippen molar-refractivity contribution in [2.75, 3.05) is 11.6 Å². The van der Waals surface area contributed by atoms with Gasteiger partial charge in [-0.1, -0.05) is 17.8 Å². The van der Waals surface area contributed by atoms with Gasteiger partial charge in [0.1, 0.15) is 0 Å². The number of nitrogens with zero attached hydrogens (tertiary/aromatic N) is 3. The van der Waals surface area contributed by atoms with Gasteiger partial charge < -0.3 is 11.6 Å². The van der Waals surface area contributed by atoms with E-state index < -0.39 is 0 Å². The molecule has 2 aromatic rings. The van der Waals surface area contributed by atoms with E-state index in [-0.39, 0.29) is 5.91 Å². The first-order valence-electron chi connectivity index (χ1n) is 4.84. The maximum atomic E-state index is 10.6. The Morgan fingerprint density at radius 3 is 3.00 bits per heavy atom. The van der Waals surface area contributed by atoms with Crippen LogP contribution in [0.3, 0.4) is 0 Å². The number of nitrogens with two attached hydrogens (primary N) is 2. The fourth-order valence-corrected chi connectivity index (χ4v) is 2.71. The molecule has 17 heavy (non-hydrogen) atoms. The smallest absolute Gasteiger partial charge is 0.218 e. The molecule has 2 aromatic heterocycles. The molecule has 6 nitrogen and oxygen atoms in total. The molecule has 0 bridgehead atoms. The third-order valence-electron chi connectivity index (χ3n) is 1.99. The average Bonchev–Trinajstić information content (AvgIpc) is 2.88. The number of thiophene rings is 1. The number of thioether (sulfide) groups is 1. The molecule has 2 rings (SSSR count). The summed E-state index contributed by atoms with van der Waals surface area (Å²) < 4.78 is 1.43. The number of amides is 1. The second kappa shape index (κ2) is 5.19. The number of primary amides is 1. The van der Waals surface area contributed by atoms with Crippen molar-refractivity contribution in [3.8, 4) is 10.7 Å². The molecule has 8 heteroatoms. The molecule has 0 spiro atoms. The number of aromatic nitrogens is 3. The van der Waals surface area contributed by atoms with Crippen molar-refractivity contribution in [1.29, 1.82) is 0 Å². The predicted molar refractivity (Wildman–Crippen MR) is 68.0 cm³/mol. The van der Waals surface area contributed by atoms with Crippen LogP contribution in [-0.2, 0) is 4.79 Å². The Morgan fingerprint density at radius 1 is 1.53 bits per heavy atom. The molecule has 0 aromatic carbocycles. The van der Waals surface area contributed by atoms with Crippen LogP contribution in [0.2, 0.25) is 0 Å². The third kappa shape index (κ3) is 2.77. The Morgan fingerprint density at radius 2 is 2.35 bits per heavy atom. The highest BCUT2D eigenvalue weighted by Gasteiger charge is 2.12. The Hall–Kier alpha value is -1.54. The summed E-state index contributed by atoms with van der Waals surface area (Å²) in [6.07, 6.45) is 0.297. The molecule has 0 unspecified atom stereocenters. The molecular formula is C9H11N5OS2. The van der Waals surface area contributed by atoms with E-state index in [1.165, 1.54) is 16.4 Å². The van der Waals surface area contributed by atoms with Gasteiger partial charge in [0.2, 0.25) is 11.1 Å². The average molecular weight is 269 g/mol. The Bertz CT molecular complexity index is 507. The van der Waals surface area contributed by atoms with Crippen LogP contribution < -0.4 is 11.6 Å². The molecule has 0 saturated heterocycles. The largest absolute Gasteiger partial charge is 0.370 e. The zero-order valence-corrected chi connectivity index (χ0v) is 10.5. The van der Waals surface area contributed by atoms with Crippen molar-refractivity contribution in [2.24, 2.45) is 5.73 Å². The van der Waals surface area contributed by atoms with Crippen molar-refractivity contribution >= 4 is 29.0 Å². The molecular weight excluding hydrogens is 258 g/mol. The fourth-order valence-electron chi connectivity index (χ4n) is 1.19. The minimum absolute atomic E-state index is 0.297. The first-order valence-corrected chi connectivity index (χ1v) is 6.70. The van der Waals surface area contributed by atoms with E-state index >= 15 is 0 Å². The van der Waals surface area contributed by atoms with E-state index in [1.54, 1.807) is 11.3 Å². The summed E-state index contributed by atoms with van der Waals surface area (Å²) in [7, 11) is 0. The molecule has 0 fully saturated rings. The molecule has 0 atom stereocenters. The van der Waals surface area contributed by atoms with Crippen LogP contribution in [0, 0.1) is 0 Å². The van der Waals surface area contributed by atoms with E-state index in [4.69, 9.17) is 11.6 Å². The van der Waals surface area contributed by atoms with Gasteiger partial charge >= 0.3 is 0 Å². The van der Waals surface area contributed by atoms with Gasteiger partial charge in [-0.05, 0) is 11.4 Å². The molecule has 0 aliphatic carbocycles. The Labute approximate surface area is 106 Å². The van der Waals surface area contributed by atoms with E-state index in [0.29, 0.717) is 23.2 Å². The highest BCUT2D eigenvalue weighted by atomic mass is 32.2. The summed E-state index contributed by atoms with van der Waals surface area (Å²) in [6.45, 7) is 0. The summed E-state index contributed by atoms with van der Waals surface area (Å²) in [5.41, 5.74) is 5.05. The first kappa shape index (κ1) is 11.9. The van der Waals surface area contributed by atoms with E-state index in [1.807, 2.05) is 17.5 Å². The summed E-state index contributed by atoms with van der Waals surface area (Å²) in [5.74, 6) is 6.72. The maximum absolute atomic E-state index is 10.6. The zero-order valence-electron chi connectivity index (χ0n) is 8.87. The predicted octanol–water partition coefficient (Wildman–Crippen LogP) is 0.688. The van der Waals surface area contributed by atoms with Crippen molar-refractivity contribution in [1.82, 2.24) is 14.9 Å². The minimum atomic E-state index is -0.334. The highest BCUT2D eigenvalue weighted by molar-refractivity contribution is 7.99. The molecule has 0 aliphatic heterocycles. The Kier molecular flexibility index (Phi) is 3.64. The molecule has 0 saturated carbocycles. The van der Waals surface area contributed by atoms with Gasteiger partial charge in [0.25, 0.3) is 0 Å². The number of rotatable bonds is 5. The standard InChI is InChI=1S/C9H11N5OS2/c10-7(15)3-5-17-9-13-12-8(14(9)11)6-2-1-4-16-6/h1-2,4H,3,5,11H2,(H2,10,15). The van der Waals surface area contributed by atoms with E-state index in [9.17, 15) is 4.79 Å². The van der Waals surface area contributed by atoms with Gasteiger partial charge in [0.05, 0.1) is 4.88 Å². The van der Waals surface area contributed by atoms with Crippen molar-refractivity contribution in [3.63, 3.8) is 0 Å². The van der Waals surface area contributed by atoms with Gasteiger partial charge in [0.15, 0.2) is 5.82 Å². The monoisotopic (exact) mass is 269 g/mol. The number of hydrogen-bond acceptors (Lipinski definition) is 6. The fraction of sp³-hybridized carbons (Fsp3) is 0.222. The minimum Gasteiger partial charge on any atom is -0.370 e. The molecule has 1 amide bonds. The normalized spacial score (nSPS) is 10.6. The number of carbonyl (C=O) groups excluding carboxylic acids is 1. The van der Waals surface area contributed by atoms with Crippen molar-refractivity contribution in [2.45, 2.75) is 11.6 Å². The molecule has 0 aliphatic rings. The second-order valence-electron chi connectivity index (χ2n) is 3.22. The Balaban J connectivity index is 2.08. The van der Waals surface area contributed by atoms with Crippen LogP contribution in [0.5, 0.6) is 0 Å². The summed E-state index contributed by atoms with van der Waals surface area (Å²) in [4.78, 5) is 11.6. The van der Waals surface area contributed by atoms with Gasteiger partial charge in [-0.15, -0.1) is 21.5 Å². The molecule has 0 radical (unpaired) electrons. The van der Waals surface area contributed by atoms with Gasteiger partial charge in [-0.2, -0.15) is 0 Å². The topological polar surface area (TPSA) is 99.8 Å². The van der Waals surface area contributed by atoms with E-state index in [0.717, 1.165) is 4.88 Å². The van der Waals surface area contributed by atoms with Gasteiger partial charge in [-0.3, -0.25) is 4.79 Å². The number of nitrogen functional groups attached to an aromatic ring is 1. The number of hydrogen-bond donors (Lipinski definition) is 2. The van der Waals surface area contributed by atoms with Crippen LogP contribution in [0.15, 0.2) is 22.7 Å². The summed E-state index contributed by atoms with van der Waals surface area (Å²) in [5, 5.41) is 10.5. The summed E-state index contributed by atoms with van der Waals surface area (Å²) in [6, 6.07) is 3.85. The lowest BCUT2D eigenvalue weighted by Gasteiger charge is -2.00. The van der Waals surface area contributed by atoms with Crippen LogP contribution in [0.1, 0.15) is 6.42 Å². The van der Waals surface area contributed by atoms with Crippen molar-refractivity contribution < 1.29 is 4.79 Å². The van der Waals surface area contributed by atoms with Crippen LogP contribution in [0.25, 0.3) is 10.7 Å². The molecule has 2 heterocycles. The lowest BCUT2D eigenvalue weighted by Crippen LogP contribution is -2.13. The quantitative estimate of drug-likeness (QED) is 0.614. The van der Waals surface area contributed by atoms with Crippen LogP contribution >= 0.6 is 23.1 Å². The third-order valence-corrected chi connectivity index (χ3v) is 3.80. The van der Waals surface area contributed by atoms with Gasteiger partial charge in [0, 0.05) is 12.2 Å². The second-order valence-corrected chi connectivity index (χ2v) is 5.23. The maximum Gasteiger partial charge on any atom is 0.218 e. The highest BCUT2D eigenvalue weighted by Crippen LogP contribution is 2.25. The summed E-state index contributed by atoms with van der Waals surface area (Å²) >= 11 is 2.91. The SMILES string of the molecule is NC(=O)CCSc1nnc(-c2cccs2)n1N. The van der Waals surface area contributed by atoms with Gasteiger partial charge in [-0.25, -0.2) is 4.68 Å². The van der Waals surface area contributed by atoms with Crippen LogP contribution in [-0.4, -0.2) is 26.5 Å². The van der Waals surface area contributed by atoms with Crippen LogP contribution in [0.4, 0.5) is 0 Å². The molecule has 4 N–H and O–H groups in total. The van der Waals surface area contributed by atoms with E-state index in [2.05, 4.69) is 10.2 Å². The zero-order chi connectivity index (χ0) is 12.3. The lowest BCUT2D eigenvalue weighted by molar-refractivity contribution is -0.117.